The van der Waals surface area contributed by atoms with E-state index in [2.05, 4.69) is 28.7 Å². The highest BCUT2D eigenvalue weighted by Gasteiger charge is 2.19. The molecule has 1 saturated heterocycles. The maximum absolute atomic E-state index is 5.71. The van der Waals surface area contributed by atoms with Crippen LogP contribution in [0.3, 0.4) is 0 Å². The largest absolute Gasteiger partial charge is 0.378 e. The molecule has 1 aromatic heterocycles. The van der Waals surface area contributed by atoms with Crippen LogP contribution in [0.4, 0.5) is 0 Å². The Morgan fingerprint density at radius 1 is 1.38 bits per heavy atom. The molecule has 3 rings (SSSR count). The van der Waals surface area contributed by atoms with Gasteiger partial charge in [0.2, 0.25) is 0 Å². The Hall–Kier alpha value is -1.65. The van der Waals surface area contributed by atoms with Gasteiger partial charge in [0.1, 0.15) is 0 Å². The predicted molar refractivity (Wildman–Crippen MR) is 83.6 cm³/mol. The maximum Gasteiger partial charge on any atom is 0.0645 e. The van der Waals surface area contributed by atoms with Crippen LogP contribution in [0, 0.1) is 0 Å². The van der Waals surface area contributed by atoms with Gasteiger partial charge in [-0.1, -0.05) is 18.2 Å². The van der Waals surface area contributed by atoms with Crippen molar-refractivity contribution in [2.75, 3.05) is 13.7 Å². The normalized spacial score (nSPS) is 19.8. The number of benzene rings is 1. The lowest BCUT2D eigenvalue weighted by Crippen LogP contribution is -2.18. The number of hydrogen-bond donors (Lipinski definition) is 1. The number of aromatic nitrogens is 2. The van der Waals surface area contributed by atoms with Crippen LogP contribution >= 0.6 is 0 Å². The molecule has 1 N–H and O–H groups in total. The fraction of sp³-hybridized carbons (Fsp3) is 0.471. The summed E-state index contributed by atoms with van der Waals surface area (Å²) in [5, 5.41) is 7.88. The number of nitrogens with one attached hydrogen (secondary N) is 1. The van der Waals surface area contributed by atoms with Crippen LogP contribution in [-0.4, -0.2) is 29.5 Å². The molecule has 4 nitrogen and oxygen atoms in total. The van der Waals surface area contributed by atoms with E-state index in [0.717, 1.165) is 25.1 Å². The summed E-state index contributed by atoms with van der Waals surface area (Å²) in [6.45, 7) is 0.931. The van der Waals surface area contributed by atoms with Crippen LogP contribution in [0.2, 0.25) is 0 Å². The zero-order valence-electron chi connectivity index (χ0n) is 12.5. The molecule has 112 valence electrons. The van der Waals surface area contributed by atoms with Crippen molar-refractivity contribution in [1.82, 2.24) is 15.1 Å². The molecule has 0 spiro atoms. The fourth-order valence-electron chi connectivity index (χ4n) is 2.94. The van der Waals surface area contributed by atoms with Gasteiger partial charge >= 0.3 is 0 Å². The van der Waals surface area contributed by atoms with E-state index in [1.165, 1.54) is 18.4 Å². The van der Waals surface area contributed by atoms with E-state index in [-0.39, 0.29) is 0 Å². The molecular formula is C17H23N3O. The van der Waals surface area contributed by atoms with Crippen molar-refractivity contribution in [1.29, 1.82) is 0 Å². The third kappa shape index (κ3) is 3.52. The summed E-state index contributed by atoms with van der Waals surface area (Å²) in [6.07, 6.45) is 9.14. The molecule has 1 aliphatic rings. The van der Waals surface area contributed by atoms with Gasteiger partial charge in [0.15, 0.2) is 0 Å². The average molecular weight is 285 g/mol. The Morgan fingerprint density at radius 3 is 2.95 bits per heavy atom. The van der Waals surface area contributed by atoms with E-state index in [0.29, 0.717) is 12.1 Å². The number of para-hydroxylation sites is 1. The minimum Gasteiger partial charge on any atom is -0.378 e. The highest BCUT2D eigenvalue weighted by Crippen LogP contribution is 2.24. The Morgan fingerprint density at radius 2 is 2.24 bits per heavy atom. The molecule has 2 atom stereocenters. The molecule has 1 fully saturated rings. The Labute approximate surface area is 126 Å². The highest BCUT2D eigenvalue weighted by atomic mass is 16.5. The molecule has 0 amide bonds. The molecule has 4 heteroatoms. The molecule has 2 unspecified atom stereocenters. The highest BCUT2D eigenvalue weighted by molar-refractivity contribution is 5.31. The van der Waals surface area contributed by atoms with Crippen LogP contribution in [0.5, 0.6) is 0 Å². The van der Waals surface area contributed by atoms with Crippen molar-refractivity contribution < 1.29 is 4.74 Å². The third-order valence-electron chi connectivity index (χ3n) is 4.18. The van der Waals surface area contributed by atoms with Crippen LogP contribution in [0.25, 0.3) is 5.69 Å². The van der Waals surface area contributed by atoms with Crippen LogP contribution in [0.1, 0.15) is 37.3 Å². The number of hydrogen-bond acceptors (Lipinski definition) is 3. The smallest absolute Gasteiger partial charge is 0.0645 e. The fourth-order valence-corrected chi connectivity index (χ4v) is 2.94. The van der Waals surface area contributed by atoms with Crippen molar-refractivity contribution in [2.45, 2.75) is 37.8 Å². The molecule has 2 heterocycles. The lowest BCUT2D eigenvalue weighted by molar-refractivity contribution is 0.0998. The van der Waals surface area contributed by atoms with Gasteiger partial charge in [0.25, 0.3) is 0 Å². The van der Waals surface area contributed by atoms with Crippen molar-refractivity contribution in [3.05, 3.63) is 48.3 Å². The second-order valence-corrected chi connectivity index (χ2v) is 5.61. The van der Waals surface area contributed by atoms with Crippen LogP contribution in [-0.2, 0) is 4.74 Å². The summed E-state index contributed by atoms with van der Waals surface area (Å²) < 4.78 is 7.65. The van der Waals surface area contributed by atoms with Gasteiger partial charge in [-0.05, 0) is 44.9 Å². The van der Waals surface area contributed by atoms with E-state index >= 15 is 0 Å². The number of nitrogens with zero attached hydrogens (tertiary/aromatic N) is 2. The van der Waals surface area contributed by atoms with Crippen LogP contribution < -0.4 is 5.32 Å². The van der Waals surface area contributed by atoms with Crippen molar-refractivity contribution in [3.63, 3.8) is 0 Å². The van der Waals surface area contributed by atoms with Gasteiger partial charge in [0.05, 0.1) is 18.0 Å². The van der Waals surface area contributed by atoms with Gasteiger partial charge in [-0.2, -0.15) is 5.10 Å². The second kappa shape index (κ2) is 6.87. The molecule has 1 aliphatic heterocycles. The molecule has 0 aliphatic carbocycles. The molecule has 1 aromatic carbocycles. The molecule has 21 heavy (non-hydrogen) atoms. The minimum absolute atomic E-state index is 0.340. The number of ether oxygens (including phenoxy) is 1. The molecule has 0 radical (unpaired) electrons. The quantitative estimate of drug-likeness (QED) is 0.886. The lowest BCUT2D eigenvalue weighted by atomic mass is 10.0. The van der Waals surface area contributed by atoms with Gasteiger partial charge in [0, 0.05) is 24.4 Å². The first-order chi connectivity index (χ1) is 10.4. The van der Waals surface area contributed by atoms with Gasteiger partial charge in [-0.3, -0.25) is 0 Å². The monoisotopic (exact) mass is 285 g/mol. The van der Waals surface area contributed by atoms with E-state index in [9.17, 15) is 0 Å². The van der Waals surface area contributed by atoms with Gasteiger partial charge < -0.3 is 10.1 Å². The van der Waals surface area contributed by atoms with Crippen molar-refractivity contribution in [3.8, 4) is 5.69 Å². The summed E-state index contributed by atoms with van der Waals surface area (Å²) in [5.74, 6) is 0. The Balaban J connectivity index is 1.65. The van der Waals surface area contributed by atoms with Crippen molar-refractivity contribution in [2.24, 2.45) is 0 Å². The summed E-state index contributed by atoms with van der Waals surface area (Å²) in [7, 11) is 2.01. The SMILES string of the molecule is CNC(CCC1CCCO1)c1cnn(-c2ccccc2)c1. The zero-order valence-corrected chi connectivity index (χ0v) is 12.5. The molecular weight excluding hydrogens is 262 g/mol. The maximum atomic E-state index is 5.71. The lowest BCUT2D eigenvalue weighted by Gasteiger charge is -2.16. The third-order valence-corrected chi connectivity index (χ3v) is 4.18. The summed E-state index contributed by atoms with van der Waals surface area (Å²) >= 11 is 0. The van der Waals surface area contributed by atoms with Crippen LogP contribution in [0.15, 0.2) is 42.7 Å². The van der Waals surface area contributed by atoms with Crippen molar-refractivity contribution >= 4 is 0 Å². The first-order valence-electron chi connectivity index (χ1n) is 7.75. The standard InChI is InChI=1S/C17H23N3O/c1-18-17(10-9-16-8-5-11-21-16)14-12-19-20(13-14)15-6-3-2-4-7-15/h2-4,6-7,12-13,16-18H,5,8-11H2,1H3. The number of rotatable bonds is 6. The van der Waals surface area contributed by atoms with E-state index in [4.69, 9.17) is 4.74 Å². The topological polar surface area (TPSA) is 39.1 Å². The molecule has 0 saturated carbocycles. The summed E-state index contributed by atoms with van der Waals surface area (Å²) in [5.41, 5.74) is 2.33. The summed E-state index contributed by atoms with van der Waals surface area (Å²) in [6, 6.07) is 10.6. The van der Waals surface area contributed by atoms with E-state index < -0.39 is 0 Å². The molecule has 0 bridgehead atoms. The minimum atomic E-state index is 0.340. The molecule has 2 aromatic rings. The average Bonchev–Trinajstić information content (AvgIpc) is 3.20. The second-order valence-electron chi connectivity index (χ2n) is 5.61. The predicted octanol–water partition coefficient (Wildman–Crippen LogP) is 3.09. The first kappa shape index (κ1) is 14.3. The first-order valence-corrected chi connectivity index (χ1v) is 7.75. The summed E-state index contributed by atoms with van der Waals surface area (Å²) in [4.78, 5) is 0. The zero-order chi connectivity index (χ0) is 14.5. The van der Waals surface area contributed by atoms with E-state index in [1.807, 2.05) is 36.1 Å². The Bertz CT molecular complexity index is 546. The van der Waals surface area contributed by atoms with Gasteiger partial charge in [-0.15, -0.1) is 0 Å². The van der Waals surface area contributed by atoms with Gasteiger partial charge in [-0.25, -0.2) is 4.68 Å². The Kier molecular flexibility index (Phi) is 4.68. The van der Waals surface area contributed by atoms with E-state index in [1.54, 1.807) is 0 Å².